The summed E-state index contributed by atoms with van der Waals surface area (Å²) in [5.41, 5.74) is 6.24. The molecule has 6 heteroatoms. The van der Waals surface area contributed by atoms with Crippen LogP contribution in [0.3, 0.4) is 0 Å². The molecule has 1 aromatic heterocycles. The molecule has 0 aromatic carbocycles. The first-order valence-corrected chi connectivity index (χ1v) is 6.97. The van der Waals surface area contributed by atoms with Gasteiger partial charge in [0.15, 0.2) is 6.10 Å². The van der Waals surface area contributed by atoms with E-state index in [-0.39, 0.29) is 5.91 Å². The number of nitrogens with one attached hydrogen (secondary N) is 1. The van der Waals surface area contributed by atoms with E-state index in [0.717, 1.165) is 4.88 Å². The van der Waals surface area contributed by atoms with Crippen LogP contribution in [-0.4, -0.2) is 24.5 Å². The number of nitrogens with two attached hydrogens (primary N) is 1. The lowest BCUT2D eigenvalue weighted by atomic mass is 10.2. The molecule has 1 heterocycles. The number of rotatable bonds is 5. The Kier molecular flexibility index (Phi) is 5.35. The molecule has 0 saturated heterocycles. The van der Waals surface area contributed by atoms with Crippen LogP contribution in [0.4, 0.5) is 5.69 Å². The van der Waals surface area contributed by atoms with Crippen molar-refractivity contribution >= 4 is 28.9 Å². The minimum absolute atomic E-state index is 0.289. The Morgan fingerprint density at radius 1 is 1.42 bits per heavy atom. The molecule has 1 aromatic rings. The molecule has 1 atom stereocenters. The number of esters is 1. The van der Waals surface area contributed by atoms with Crippen molar-refractivity contribution in [3.63, 3.8) is 0 Å². The number of hydrogen-bond acceptors (Lipinski definition) is 5. The molecule has 0 radical (unpaired) electrons. The topological polar surface area (TPSA) is 81.4 Å². The zero-order chi connectivity index (χ0) is 14.6. The fourth-order valence-corrected chi connectivity index (χ4v) is 2.14. The van der Waals surface area contributed by atoms with Crippen molar-refractivity contribution in [1.82, 2.24) is 5.32 Å². The van der Waals surface area contributed by atoms with Crippen molar-refractivity contribution < 1.29 is 14.3 Å². The molecule has 3 N–H and O–H groups in total. The fraction of sp³-hybridized carbons (Fsp3) is 0.538. The van der Waals surface area contributed by atoms with Crippen molar-refractivity contribution in [2.75, 3.05) is 12.3 Å². The summed E-state index contributed by atoms with van der Waals surface area (Å²) in [6, 6.07) is 1.57. The first-order valence-electron chi connectivity index (χ1n) is 6.15. The predicted molar refractivity (Wildman–Crippen MR) is 76.2 cm³/mol. The van der Waals surface area contributed by atoms with Gasteiger partial charge in [-0.25, -0.2) is 4.79 Å². The van der Waals surface area contributed by atoms with Crippen LogP contribution in [0.5, 0.6) is 0 Å². The normalized spacial score (nSPS) is 12.3. The van der Waals surface area contributed by atoms with Gasteiger partial charge in [-0.2, -0.15) is 0 Å². The van der Waals surface area contributed by atoms with E-state index in [1.165, 1.54) is 11.3 Å². The van der Waals surface area contributed by atoms with E-state index in [2.05, 4.69) is 5.32 Å². The van der Waals surface area contributed by atoms with E-state index >= 15 is 0 Å². The summed E-state index contributed by atoms with van der Waals surface area (Å²) in [6.07, 6.45) is -0.810. The Bertz CT molecular complexity index is 449. The number of carbonyl (C=O) groups is 2. The van der Waals surface area contributed by atoms with E-state index in [0.29, 0.717) is 23.0 Å². The number of aryl methyl sites for hydroxylation is 1. The van der Waals surface area contributed by atoms with Crippen LogP contribution >= 0.6 is 11.3 Å². The van der Waals surface area contributed by atoms with Gasteiger partial charge < -0.3 is 15.8 Å². The summed E-state index contributed by atoms with van der Waals surface area (Å²) in [5.74, 6) is -0.452. The smallest absolute Gasteiger partial charge is 0.349 e. The highest BCUT2D eigenvalue weighted by Crippen LogP contribution is 2.24. The summed E-state index contributed by atoms with van der Waals surface area (Å²) >= 11 is 1.26. The number of thiophene rings is 1. The molecule has 0 bridgehead atoms. The van der Waals surface area contributed by atoms with Gasteiger partial charge in [0, 0.05) is 17.1 Å². The van der Waals surface area contributed by atoms with Gasteiger partial charge in [0.2, 0.25) is 0 Å². The molecule has 0 saturated carbocycles. The quantitative estimate of drug-likeness (QED) is 0.810. The Balaban J connectivity index is 2.54. The summed E-state index contributed by atoms with van der Waals surface area (Å²) in [7, 11) is 0. The maximum absolute atomic E-state index is 11.8. The van der Waals surface area contributed by atoms with Crippen LogP contribution < -0.4 is 11.1 Å². The monoisotopic (exact) mass is 284 g/mol. The van der Waals surface area contributed by atoms with E-state index in [4.69, 9.17) is 10.5 Å². The molecule has 0 fully saturated rings. The van der Waals surface area contributed by atoms with Crippen LogP contribution in [0.25, 0.3) is 0 Å². The number of anilines is 1. The first-order chi connectivity index (χ1) is 8.81. The van der Waals surface area contributed by atoms with E-state index in [1.807, 2.05) is 20.8 Å². The molecule has 1 rings (SSSR count). The number of amides is 1. The minimum Gasteiger partial charge on any atom is -0.448 e. The van der Waals surface area contributed by atoms with Gasteiger partial charge in [-0.3, -0.25) is 4.79 Å². The average molecular weight is 284 g/mol. The Labute approximate surface area is 117 Å². The number of nitrogen functional groups attached to an aromatic ring is 1. The molecule has 1 unspecified atom stereocenters. The van der Waals surface area contributed by atoms with Crippen molar-refractivity contribution in [3.05, 3.63) is 15.8 Å². The lowest BCUT2D eigenvalue weighted by Gasteiger charge is -2.13. The van der Waals surface area contributed by atoms with Gasteiger partial charge in [0.25, 0.3) is 5.91 Å². The summed E-state index contributed by atoms with van der Waals surface area (Å²) < 4.78 is 5.10. The van der Waals surface area contributed by atoms with Crippen molar-refractivity contribution in [2.24, 2.45) is 5.92 Å². The Morgan fingerprint density at radius 3 is 2.53 bits per heavy atom. The van der Waals surface area contributed by atoms with Crippen molar-refractivity contribution in [3.8, 4) is 0 Å². The molecule has 0 aliphatic rings. The Hall–Kier alpha value is -1.56. The second-order valence-electron chi connectivity index (χ2n) is 4.81. The third-order valence-electron chi connectivity index (χ3n) is 2.49. The molecule has 0 spiro atoms. The van der Waals surface area contributed by atoms with Crippen molar-refractivity contribution in [2.45, 2.75) is 33.8 Å². The zero-order valence-corrected chi connectivity index (χ0v) is 12.5. The van der Waals surface area contributed by atoms with Crippen LogP contribution in [-0.2, 0) is 9.53 Å². The number of hydrogen-bond donors (Lipinski definition) is 2. The largest absolute Gasteiger partial charge is 0.448 e. The molecule has 0 aliphatic heterocycles. The second-order valence-corrected chi connectivity index (χ2v) is 6.07. The molecular formula is C13H20N2O3S. The highest BCUT2D eigenvalue weighted by Gasteiger charge is 2.20. The van der Waals surface area contributed by atoms with E-state index in [1.54, 1.807) is 13.0 Å². The van der Waals surface area contributed by atoms with Crippen LogP contribution in [0, 0.1) is 12.8 Å². The van der Waals surface area contributed by atoms with Crippen LogP contribution in [0.2, 0.25) is 0 Å². The molecule has 5 nitrogen and oxygen atoms in total. The molecular weight excluding hydrogens is 264 g/mol. The minimum atomic E-state index is -0.810. The van der Waals surface area contributed by atoms with E-state index < -0.39 is 12.1 Å². The van der Waals surface area contributed by atoms with Gasteiger partial charge in [-0.05, 0) is 25.8 Å². The molecule has 1 amide bonds. The lowest BCUT2D eigenvalue weighted by Crippen LogP contribution is -2.37. The maximum atomic E-state index is 11.8. The third-order valence-corrected chi connectivity index (χ3v) is 3.54. The van der Waals surface area contributed by atoms with Gasteiger partial charge in [-0.1, -0.05) is 13.8 Å². The van der Waals surface area contributed by atoms with Crippen LogP contribution in [0.15, 0.2) is 6.07 Å². The van der Waals surface area contributed by atoms with Crippen LogP contribution in [0.1, 0.15) is 35.3 Å². The lowest BCUT2D eigenvalue weighted by molar-refractivity contribution is -0.129. The molecule has 106 valence electrons. The highest BCUT2D eigenvalue weighted by molar-refractivity contribution is 7.14. The van der Waals surface area contributed by atoms with Gasteiger partial charge in [0.1, 0.15) is 4.88 Å². The molecule has 0 aliphatic carbocycles. The zero-order valence-electron chi connectivity index (χ0n) is 11.6. The maximum Gasteiger partial charge on any atom is 0.349 e. The third kappa shape index (κ3) is 4.55. The summed E-state index contributed by atoms with van der Waals surface area (Å²) in [4.78, 5) is 24.8. The average Bonchev–Trinajstić information content (AvgIpc) is 2.66. The standard InChI is InChI=1S/C13H20N2O3S/c1-7(2)6-15-12(16)8(3)18-13(17)11-5-10(14)9(4)19-11/h5,7-8H,6,14H2,1-4H3,(H,15,16). The van der Waals surface area contributed by atoms with Gasteiger partial charge >= 0.3 is 5.97 Å². The van der Waals surface area contributed by atoms with Gasteiger partial charge in [-0.15, -0.1) is 11.3 Å². The Morgan fingerprint density at radius 2 is 2.05 bits per heavy atom. The fourth-order valence-electron chi connectivity index (χ4n) is 1.32. The first kappa shape index (κ1) is 15.5. The van der Waals surface area contributed by atoms with Crippen molar-refractivity contribution in [1.29, 1.82) is 0 Å². The number of ether oxygens (including phenoxy) is 1. The summed E-state index contributed by atoms with van der Waals surface area (Å²) in [5, 5.41) is 2.72. The molecule has 19 heavy (non-hydrogen) atoms. The summed E-state index contributed by atoms with van der Waals surface area (Å²) in [6.45, 7) is 7.93. The highest BCUT2D eigenvalue weighted by atomic mass is 32.1. The SMILES string of the molecule is Cc1sc(C(=O)OC(C)C(=O)NCC(C)C)cc1N. The second kappa shape index (κ2) is 6.56. The van der Waals surface area contributed by atoms with E-state index in [9.17, 15) is 9.59 Å². The van der Waals surface area contributed by atoms with Gasteiger partial charge in [0.05, 0.1) is 0 Å². The number of carbonyl (C=O) groups excluding carboxylic acids is 2. The predicted octanol–water partition coefficient (Wildman–Crippen LogP) is 1.96.